The number of aliphatic hydroxyl groups excluding tert-OH is 11. The molecule has 109 heavy (non-hydrogen) atoms. The molecule has 3 saturated heterocycles. The van der Waals surface area contributed by atoms with Crippen LogP contribution < -0.4 is 5.32 Å². The second kappa shape index (κ2) is 69.3. The summed E-state index contributed by atoms with van der Waals surface area (Å²) in [4.78, 5) is 13.5. The molecule has 3 fully saturated rings. The lowest BCUT2D eigenvalue weighted by Gasteiger charge is -2.48. The SMILES string of the molecule is CC/C=C\C/C=C\C/C=C\C/C=C\C/C=C\C/C=C\C/C=C\CCCCCCCCCCCCCCCCCCCC(=O)NC(COC1OC(CO)C(OC2OC(CO)C(OC3OC(CO)C(O)C(O)C3O)C(O)C2O)C(O)C1O)C(O)CCCCCCCCCCCCCCCCCCCCCCCCCCC. The molecule has 17 atom stereocenters. The molecule has 17 unspecified atom stereocenters. The van der Waals surface area contributed by atoms with Gasteiger partial charge >= 0.3 is 0 Å². The highest BCUT2D eigenvalue weighted by molar-refractivity contribution is 5.76. The fourth-order valence-electron chi connectivity index (χ4n) is 14.7. The summed E-state index contributed by atoms with van der Waals surface area (Å²) in [5.41, 5.74) is 0. The Kier molecular flexibility index (Phi) is 63.7. The molecule has 0 aromatic carbocycles. The number of ether oxygens (including phenoxy) is 6. The van der Waals surface area contributed by atoms with Crippen LogP contribution in [-0.4, -0.2) is 193 Å². The van der Waals surface area contributed by atoms with Crippen LogP contribution in [0.2, 0.25) is 0 Å². The maximum Gasteiger partial charge on any atom is 0.220 e. The van der Waals surface area contributed by atoms with Crippen molar-refractivity contribution in [3.63, 3.8) is 0 Å². The minimum atomic E-state index is -1.98. The Morgan fingerprint density at radius 3 is 0.991 bits per heavy atom. The standard InChI is InChI=1S/C90H161NO18/c1-3-5-7-9-11-13-15-17-19-21-23-25-27-29-30-31-32-33-34-35-36-37-38-39-40-41-42-44-46-48-50-52-54-56-58-60-62-64-66-68-78(96)91-73(74(95)67-65-63-61-59-57-55-53-51-49-47-45-43-28-26-24-22-20-18-16-14-12-10-8-6-4-2)72-104-88-84(102)81(99)86(76(70-93)106-88)109-90-85(103)82(100)87(77(71-94)107-90)108-89-83(101)80(98)79(97)75(69-92)105-89/h5,7,11,13,17,19,23,25,29-30,32-33,35-36,73-77,79-90,92-95,97-103H,3-4,6,8-10,12,14-16,18,20-22,24,26-28,31,34,37-72H2,1-2H3,(H,91,96)/b7-5-,13-11-,19-17-,25-23-,30-29-,33-32-,36-35-. The molecule has 0 aromatic heterocycles. The molecule has 0 saturated carbocycles. The molecule has 3 rings (SSSR count). The third kappa shape index (κ3) is 48.2. The largest absolute Gasteiger partial charge is 0.394 e. The molecule has 3 heterocycles. The lowest BCUT2D eigenvalue weighted by atomic mass is 9.96. The van der Waals surface area contributed by atoms with Gasteiger partial charge in [0.05, 0.1) is 38.6 Å². The van der Waals surface area contributed by atoms with E-state index in [0.717, 1.165) is 89.9 Å². The van der Waals surface area contributed by atoms with Crippen molar-refractivity contribution < 1.29 is 89.4 Å². The number of carbonyl (C=O) groups is 1. The number of nitrogens with one attached hydrogen (secondary N) is 1. The first-order valence-corrected chi connectivity index (χ1v) is 44.3. The fraction of sp³-hybridized carbons (Fsp3) is 0.833. The van der Waals surface area contributed by atoms with Crippen molar-refractivity contribution in [2.24, 2.45) is 0 Å². The summed E-state index contributed by atoms with van der Waals surface area (Å²) >= 11 is 0. The fourth-order valence-corrected chi connectivity index (χ4v) is 14.7. The zero-order valence-corrected chi connectivity index (χ0v) is 68.3. The first kappa shape index (κ1) is 100. The number of allylic oxidation sites excluding steroid dienone is 14. The number of hydrogen-bond donors (Lipinski definition) is 12. The molecule has 3 aliphatic heterocycles. The Labute approximate surface area is 661 Å². The minimum absolute atomic E-state index is 0.239. The van der Waals surface area contributed by atoms with E-state index >= 15 is 0 Å². The zero-order chi connectivity index (χ0) is 78.8. The van der Waals surface area contributed by atoms with Crippen molar-refractivity contribution in [1.29, 1.82) is 0 Å². The minimum Gasteiger partial charge on any atom is -0.394 e. The van der Waals surface area contributed by atoms with Crippen molar-refractivity contribution in [1.82, 2.24) is 5.32 Å². The summed E-state index contributed by atoms with van der Waals surface area (Å²) in [6.07, 6.45) is 66.8. The van der Waals surface area contributed by atoms with Crippen LogP contribution in [0.3, 0.4) is 0 Å². The summed E-state index contributed by atoms with van der Waals surface area (Å²) < 4.78 is 34.6. The van der Waals surface area contributed by atoms with Gasteiger partial charge in [-0.1, -0.05) is 356 Å². The normalized spacial score (nSPS) is 25.7. The van der Waals surface area contributed by atoms with Gasteiger partial charge in [0.1, 0.15) is 73.2 Å². The van der Waals surface area contributed by atoms with E-state index in [1.807, 2.05) is 0 Å². The third-order valence-corrected chi connectivity index (χ3v) is 21.7. The highest BCUT2D eigenvalue weighted by Crippen LogP contribution is 2.34. The molecule has 0 spiro atoms. The summed E-state index contributed by atoms with van der Waals surface area (Å²) in [6.45, 7) is 1.73. The molecule has 0 bridgehead atoms. The number of amides is 1. The molecule has 12 N–H and O–H groups in total. The van der Waals surface area contributed by atoms with Gasteiger partial charge in [0.25, 0.3) is 0 Å². The summed E-state index contributed by atoms with van der Waals surface area (Å²) in [5, 5.41) is 121. The van der Waals surface area contributed by atoms with Crippen LogP contribution in [0.4, 0.5) is 0 Å². The van der Waals surface area contributed by atoms with Crippen LogP contribution in [0.15, 0.2) is 85.1 Å². The van der Waals surface area contributed by atoms with Gasteiger partial charge in [-0.15, -0.1) is 0 Å². The molecule has 634 valence electrons. The lowest BCUT2D eigenvalue weighted by molar-refractivity contribution is -0.379. The summed E-state index contributed by atoms with van der Waals surface area (Å²) in [5.74, 6) is -0.239. The summed E-state index contributed by atoms with van der Waals surface area (Å²) in [6, 6.07) is -0.892. The van der Waals surface area contributed by atoms with Crippen LogP contribution in [0.1, 0.15) is 348 Å². The van der Waals surface area contributed by atoms with Crippen LogP contribution in [0.5, 0.6) is 0 Å². The van der Waals surface area contributed by atoms with E-state index in [2.05, 4.69) is 104 Å². The number of aliphatic hydroxyl groups is 11. The van der Waals surface area contributed by atoms with Crippen molar-refractivity contribution in [2.45, 2.75) is 452 Å². The Bertz CT molecular complexity index is 2300. The smallest absolute Gasteiger partial charge is 0.220 e. The maximum absolute atomic E-state index is 13.5. The van der Waals surface area contributed by atoms with Gasteiger partial charge in [-0.25, -0.2) is 0 Å². The highest BCUT2D eigenvalue weighted by Gasteiger charge is 2.54. The van der Waals surface area contributed by atoms with Crippen LogP contribution in [0.25, 0.3) is 0 Å². The predicted octanol–water partition coefficient (Wildman–Crippen LogP) is 16.5. The van der Waals surface area contributed by atoms with Crippen molar-refractivity contribution in [3.8, 4) is 0 Å². The van der Waals surface area contributed by atoms with Crippen LogP contribution in [-0.2, 0) is 33.2 Å². The molecule has 1 amide bonds. The Hall–Kier alpha value is -3.03. The molecular weight excluding hydrogens is 1380 g/mol. The van der Waals surface area contributed by atoms with Gasteiger partial charge in [-0.05, 0) is 70.6 Å². The van der Waals surface area contributed by atoms with E-state index < -0.39 is 124 Å². The van der Waals surface area contributed by atoms with Gasteiger partial charge in [0, 0.05) is 6.42 Å². The zero-order valence-electron chi connectivity index (χ0n) is 68.3. The van der Waals surface area contributed by atoms with Crippen LogP contribution in [0, 0.1) is 0 Å². The molecule has 0 aliphatic carbocycles. The molecule has 3 aliphatic rings. The van der Waals surface area contributed by atoms with E-state index in [9.17, 15) is 61.0 Å². The quantitative estimate of drug-likeness (QED) is 0.0199. The molecule has 19 nitrogen and oxygen atoms in total. The van der Waals surface area contributed by atoms with Crippen molar-refractivity contribution in [3.05, 3.63) is 85.1 Å². The lowest BCUT2D eigenvalue weighted by Crippen LogP contribution is -2.66. The Morgan fingerprint density at radius 1 is 0.339 bits per heavy atom. The second-order valence-corrected chi connectivity index (χ2v) is 31.3. The molecule has 19 heteroatoms. The van der Waals surface area contributed by atoms with E-state index in [-0.39, 0.29) is 18.9 Å². The van der Waals surface area contributed by atoms with E-state index in [1.165, 1.54) is 225 Å². The van der Waals surface area contributed by atoms with E-state index in [4.69, 9.17) is 28.4 Å². The molecule has 0 aromatic rings. The Morgan fingerprint density at radius 2 is 0.633 bits per heavy atom. The van der Waals surface area contributed by atoms with Gasteiger partial charge < -0.3 is 89.9 Å². The number of unbranched alkanes of at least 4 members (excludes halogenated alkanes) is 41. The van der Waals surface area contributed by atoms with Gasteiger partial charge in [-0.3, -0.25) is 4.79 Å². The van der Waals surface area contributed by atoms with Gasteiger partial charge in [-0.2, -0.15) is 0 Å². The Balaban J connectivity index is 1.31. The number of carbonyl (C=O) groups excluding carboxylic acids is 1. The number of rotatable bonds is 71. The first-order valence-electron chi connectivity index (χ1n) is 44.3. The number of hydrogen-bond acceptors (Lipinski definition) is 18. The second-order valence-electron chi connectivity index (χ2n) is 31.3. The monoisotopic (exact) mass is 1540 g/mol. The molecule has 0 radical (unpaired) electrons. The maximum atomic E-state index is 13.5. The average molecular weight is 1550 g/mol. The molecular formula is C90H161NO18. The van der Waals surface area contributed by atoms with Gasteiger partial charge in [0.15, 0.2) is 18.9 Å². The first-order chi connectivity index (χ1) is 53.3. The third-order valence-electron chi connectivity index (χ3n) is 21.7. The average Bonchev–Trinajstić information content (AvgIpc) is 0.759. The van der Waals surface area contributed by atoms with Crippen molar-refractivity contribution in [2.75, 3.05) is 26.4 Å². The topological polar surface area (TPSA) is 307 Å². The van der Waals surface area contributed by atoms with Crippen molar-refractivity contribution >= 4 is 5.91 Å². The highest BCUT2D eigenvalue weighted by atomic mass is 16.8. The van der Waals surface area contributed by atoms with E-state index in [0.29, 0.717) is 12.8 Å². The van der Waals surface area contributed by atoms with Gasteiger partial charge in [0.2, 0.25) is 5.91 Å². The van der Waals surface area contributed by atoms with E-state index in [1.54, 1.807) is 0 Å². The van der Waals surface area contributed by atoms with Crippen LogP contribution >= 0.6 is 0 Å². The summed E-state index contributed by atoms with van der Waals surface area (Å²) in [7, 11) is 0. The predicted molar refractivity (Wildman–Crippen MR) is 438 cm³/mol.